The van der Waals surface area contributed by atoms with Crippen molar-refractivity contribution in [3.63, 3.8) is 0 Å². The fourth-order valence-corrected chi connectivity index (χ4v) is 2.89. The van der Waals surface area contributed by atoms with Crippen molar-refractivity contribution >= 4 is 33.3 Å². The third kappa shape index (κ3) is 4.11. The minimum absolute atomic E-state index is 0.275. The van der Waals surface area contributed by atoms with Gasteiger partial charge in [0.25, 0.3) is 0 Å². The molecule has 0 bridgehead atoms. The normalized spacial score (nSPS) is 10.6. The second-order valence-corrected chi connectivity index (χ2v) is 6.80. The summed E-state index contributed by atoms with van der Waals surface area (Å²) in [6, 6.07) is 13.5. The van der Waals surface area contributed by atoms with Crippen molar-refractivity contribution in [2.45, 2.75) is 20.4 Å². The third-order valence-electron chi connectivity index (χ3n) is 4.00. The molecular formula is C19H18BrFN4O. The highest BCUT2D eigenvalue weighted by molar-refractivity contribution is 9.10. The van der Waals surface area contributed by atoms with Crippen molar-refractivity contribution < 1.29 is 9.18 Å². The largest absolute Gasteiger partial charge is 0.323 e. The van der Waals surface area contributed by atoms with Crippen LogP contribution in [0.3, 0.4) is 0 Å². The summed E-state index contributed by atoms with van der Waals surface area (Å²) >= 11 is 3.35. The summed E-state index contributed by atoms with van der Waals surface area (Å²) in [7, 11) is 0. The Morgan fingerprint density at radius 2 is 1.81 bits per heavy atom. The first-order chi connectivity index (χ1) is 12.4. The molecule has 134 valence electrons. The van der Waals surface area contributed by atoms with Gasteiger partial charge in [0.05, 0.1) is 23.6 Å². The van der Waals surface area contributed by atoms with E-state index in [1.54, 1.807) is 41.9 Å². The Bertz CT molecular complexity index is 937. The van der Waals surface area contributed by atoms with Crippen LogP contribution in [0.2, 0.25) is 0 Å². The van der Waals surface area contributed by atoms with Crippen molar-refractivity contribution in [1.82, 2.24) is 9.78 Å². The molecule has 1 heterocycles. The number of hydrogen-bond donors (Lipinski definition) is 2. The molecule has 0 spiro atoms. The number of carbonyl (C=O) groups excluding carboxylic acids is 1. The summed E-state index contributed by atoms with van der Waals surface area (Å²) in [6.07, 6.45) is 0. The maximum Gasteiger partial charge on any atom is 0.323 e. The molecule has 7 heteroatoms. The molecule has 0 aliphatic carbocycles. The lowest BCUT2D eigenvalue weighted by atomic mass is 10.2. The van der Waals surface area contributed by atoms with Crippen LogP contribution in [0.15, 0.2) is 53.0 Å². The van der Waals surface area contributed by atoms with Gasteiger partial charge in [-0.15, -0.1) is 0 Å². The maximum absolute atomic E-state index is 13.9. The second kappa shape index (κ2) is 7.70. The van der Waals surface area contributed by atoms with E-state index in [2.05, 4.69) is 31.7 Å². The van der Waals surface area contributed by atoms with Crippen LogP contribution in [0.1, 0.15) is 17.0 Å². The summed E-state index contributed by atoms with van der Waals surface area (Å²) in [4.78, 5) is 12.3. The van der Waals surface area contributed by atoms with Gasteiger partial charge in [0, 0.05) is 15.7 Å². The number of hydrogen-bond acceptors (Lipinski definition) is 2. The molecule has 26 heavy (non-hydrogen) atoms. The van der Waals surface area contributed by atoms with Gasteiger partial charge in [-0.3, -0.25) is 4.68 Å². The van der Waals surface area contributed by atoms with Gasteiger partial charge in [0.1, 0.15) is 5.82 Å². The van der Waals surface area contributed by atoms with Gasteiger partial charge >= 0.3 is 6.03 Å². The van der Waals surface area contributed by atoms with Crippen molar-refractivity contribution in [2.24, 2.45) is 0 Å². The highest BCUT2D eigenvalue weighted by Gasteiger charge is 2.15. The van der Waals surface area contributed by atoms with Crippen LogP contribution in [0.5, 0.6) is 0 Å². The van der Waals surface area contributed by atoms with Gasteiger partial charge in [-0.05, 0) is 44.2 Å². The summed E-state index contributed by atoms with van der Waals surface area (Å²) in [6.45, 7) is 3.95. The van der Waals surface area contributed by atoms with Crippen LogP contribution < -0.4 is 10.6 Å². The molecule has 0 aliphatic rings. The van der Waals surface area contributed by atoms with Gasteiger partial charge < -0.3 is 10.6 Å². The lowest BCUT2D eigenvalue weighted by Gasteiger charge is -2.09. The van der Waals surface area contributed by atoms with E-state index in [1.165, 1.54) is 6.07 Å². The molecule has 2 aromatic carbocycles. The zero-order chi connectivity index (χ0) is 18.7. The van der Waals surface area contributed by atoms with Gasteiger partial charge in [-0.2, -0.15) is 5.10 Å². The Morgan fingerprint density at radius 1 is 1.12 bits per heavy atom. The monoisotopic (exact) mass is 416 g/mol. The summed E-state index contributed by atoms with van der Waals surface area (Å²) < 4.78 is 16.5. The fraction of sp³-hybridized carbons (Fsp3) is 0.158. The Morgan fingerprint density at radius 3 is 2.50 bits per heavy atom. The molecule has 3 rings (SSSR count). The first kappa shape index (κ1) is 18.1. The number of amides is 2. The van der Waals surface area contributed by atoms with E-state index >= 15 is 0 Å². The molecule has 0 saturated heterocycles. The zero-order valence-corrected chi connectivity index (χ0v) is 16.0. The van der Waals surface area contributed by atoms with Crippen LogP contribution in [-0.2, 0) is 6.54 Å². The van der Waals surface area contributed by atoms with Crippen molar-refractivity contribution in [2.75, 3.05) is 10.6 Å². The van der Waals surface area contributed by atoms with E-state index in [1.807, 2.05) is 19.1 Å². The minimum Gasteiger partial charge on any atom is -0.308 e. The molecule has 1 aromatic heterocycles. The summed E-state index contributed by atoms with van der Waals surface area (Å²) in [5.41, 5.74) is 3.28. The van der Waals surface area contributed by atoms with E-state index in [9.17, 15) is 9.18 Å². The molecular weight excluding hydrogens is 399 g/mol. The Balaban J connectivity index is 1.74. The van der Waals surface area contributed by atoms with Crippen molar-refractivity contribution in [1.29, 1.82) is 0 Å². The van der Waals surface area contributed by atoms with E-state index in [-0.39, 0.29) is 11.8 Å². The topological polar surface area (TPSA) is 59.0 Å². The number of carbonyl (C=O) groups is 1. The zero-order valence-electron chi connectivity index (χ0n) is 14.4. The molecule has 2 N–H and O–H groups in total. The average molecular weight is 417 g/mol. The Labute approximate surface area is 159 Å². The van der Waals surface area contributed by atoms with Gasteiger partial charge in [0.15, 0.2) is 0 Å². The smallest absolute Gasteiger partial charge is 0.308 e. The molecule has 0 fully saturated rings. The molecule has 2 amide bonds. The molecule has 0 unspecified atom stereocenters. The predicted molar refractivity (Wildman–Crippen MR) is 104 cm³/mol. The number of aromatic nitrogens is 2. The number of nitrogens with one attached hydrogen (secondary N) is 2. The van der Waals surface area contributed by atoms with Crippen LogP contribution in [0, 0.1) is 19.7 Å². The SMILES string of the molecule is Cc1nn(Cc2ccccc2F)c(C)c1NC(=O)Nc1ccc(Br)cc1. The average Bonchev–Trinajstić information content (AvgIpc) is 2.86. The first-order valence-electron chi connectivity index (χ1n) is 8.05. The third-order valence-corrected chi connectivity index (χ3v) is 4.53. The molecule has 3 aromatic rings. The van der Waals surface area contributed by atoms with Crippen LogP contribution >= 0.6 is 15.9 Å². The standard InChI is InChI=1S/C19H18BrFN4O/c1-12-18(23-19(26)22-16-9-7-15(20)8-10-16)13(2)25(24-12)11-14-5-3-4-6-17(14)21/h3-10H,11H2,1-2H3,(H2,22,23,26). The number of aryl methyl sites for hydroxylation is 1. The Hall–Kier alpha value is -2.67. The number of urea groups is 1. The molecule has 0 radical (unpaired) electrons. The van der Waals surface area contributed by atoms with E-state index in [4.69, 9.17) is 0 Å². The number of rotatable bonds is 4. The molecule has 0 aliphatic heterocycles. The first-order valence-corrected chi connectivity index (χ1v) is 8.84. The highest BCUT2D eigenvalue weighted by Crippen LogP contribution is 2.22. The molecule has 5 nitrogen and oxygen atoms in total. The summed E-state index contributed by atoms with van der Waals surface area (Å²) in [5.74, 6) is -0.275. The van der Waals surface area contributed by atoms with E-state index in [0.29, 0.717) is 29.2 Å². The summed E-state index contributed by atoms with van der Waals surface area (Å²) in [5, 5.41) is 10.0. The van der Waals surface area contributed by atoms with Crippen LogP contribution in [0.25, 0.3) is 0 Å². The Kier molecular flexibility index (Phi) is 5.37. The lowest BCUT2D eigenvalue weighted by molar-refractivity contribution is 0.262. The number of benzene rings is 2. The number of nitrogens with zero attached hydrogens (tertiary/aromatic N) is 2. The number of anilines is 2. The van der Waals surface area contributed by atoms with E-state index in [0.717, 1.165) is 10.2 Å². The second-order valence-electron chi connectivity index (χ2n) is 5.88. The number of halogens is 2. The highest BCUT2D eigenvalue weighted by atomic mass is 79.9. The minimum atomic E-state index is -0.357. The van der Waals surface area contributed by atoms with Gasteiger partial charge in [-0.25, -0.2) is 9.18 Å². The van der Waals surface area contributed by atoms with Crippen molar-refractivity contribution in [3.8, 4) is 0 Å². The maximum atomic E-state index is 13.9. The van der Waals surface area contributed by atoms with E-state index < -0.39 is 0 Å². The van der Waals surface area contributed by atoms with Crippen LogP contribution in [0.4, 0.5) is 20.6 Å². The van der Waals surface area contributed by atoms with Gasteiger partial charge in [0.2, 0.25) is 0 Å². The molecule has 0 atom stereocenters. The van der Waals surface area contributed by atoms with Crippen LogP contribution in [-0.4, -0.2) is 15.8 Å². The fourth-order valence-electron chi connectivity index (χ4n) is 2.63. The van der Waals surface area contributed by atoms with Gasteiger partial charge in [-0.1, -0.05) is 34.1 Å². The lowest BCUT2D eigenvalue weighted by Crippen LogP contribution is -2.20. The van der Waals surface area contributed by atoms with Crippen molar-refractivity contribution in [3.05, 3.63) is 75.8 Å². The quantitative estimate of drug-likeness (QED) is 0.621. The predicted octanol–water partition coefficient (Wildman–Crippen LogP) is 5.09. The molecule has 0 saturated carbocycles.